The number of ether oxygens (including phenoxy) is 1. The van der Waals surface area contributed by atoms with Crippen molar-refractivity contribution < 1.29 is 4.74 Å². The van der Waals surface area contributed by atoms with Crippen LogP contribution in [0.25, 0.3) is 11.3 Å². The second-order valence-electron chi connectivity index (χ2n) is 3.43. The Labute approximate surface area is 82.0 Å². The summed E-state index contributed by atoms with van der Waals surface area (Å²) >= 11 is 0. The van der Waals surface area contributed by atoms with E-state index in [-0.39, 0.29) is 0 Å². The van der Waals surface area contributed by atoms with Gasteiger partial charge in [-0.2, -0.15) is 0 Å². The van der Waals surface area contributed by atoms with E-state index in [1.807, 2.05) is 18.6 Å². The van der Waals surface area contributed by atoms with E-state index < -0.39 is 0 Å². The summed E-state index contributed by atoms with van der Waals surface area (Å²) in [5.74, 6) is 0.919. The molecule has 1 aromatic heterocycles. The van der Waals surface area contributed by atoms with Crippen molar-refractivity contribution in [3.63, 3.8) is 0 Å². The average Bonchev–Trinajstić information content (AvgIpc) is 2.75. The molecule has 14 heavy (non-hydrogen) atoms. The highest BCUT2D eigenvalue weighted by molar-refractivity contribution is 5.68. The van der Waals surface area contributed by atoms with Gasteiger partial charge in [0.1, 0.15) is 5.75 Å². The predicted molar refractivity (Wildman–Crippen MR) is 53.3 cm³/mol. The van der Waals surface area contributed by atoms with Crippen molar-refractivity contribution in [1.82, 2.24) is 9.55 Å². The lowest BCUT2D eigenvalue weighted by atomic mass is 10.1. The molecule has 0 fully saturated rings. The number of methoxy groups -OCH3 is 1. The van der Waals surface area contributed by atoms with Crippen LogP contribution in [0.15, 0.2) is 30.7 Å². The van der Waals surface area contributed by atoms with Crippen LogP contribution in [0.4, 0.5) is 0 Å². The third kappa shape index (κ3) is 0.894. The summed E-state index contributed by atoms with van der Waals surface area (Å²) in [6.45, 7) is 0.905. The standard InChI is InChI=1S/C11H10N2O/c1-14-9-2-3-10-8(4-9)6-13-7-12-5-11(10)13/h2-5,7H,6H2,1H3. The first-order valence-corrected chi connectivity index (χ1v) is 4.56. The lowest BCUT2D eigenvalue weighted by Gasteiger charge is -2.02. The van der Waals surface area contributed by atoms with Crippen molar-refractivity contribution in [2.45, 2.75) is 6.54 Å². The molecule has 3 nitrogen and oxygen atoms in total. The number of hydrogen-bond donors (Lipinski definition) is 0. The van der Waals surface area contributed by atoms with Gasteiger partial charge in [0.2, 0.25) is 0 Å². The number of imidazole rings is 1. The van der Waals surface area contributed by atoms with Crippen LogP contribution in [0, 0.1) is 0 Å². The largest absolute Gasteiger partial charge is 0.497 e. The fourth-order valence-electron chi connectivity index (χ4n) is 1.93. The van der Waals surface area contributed by atoms with Gasteiger partial charge >= 0.3 is 0 Å². The van der Waals surface area contributed by atoms with E-state index >= 15 is 0 Å². The quantitative estimate of drug-likeness (QED) is 0.580. The molecule has 0 amide bonds. The molecule has 1 aliphatic heterocycles. The van der Waals surface area contributed by atoms with Crippen LogP contribution in [0.1, 0.15) is 5.56 Å². The van der Waals surface area contributed by atoms with Gasteiger partial charge in [-0.15, -0.1) is 0 Å². The lowest BCUT2D eigenvalue weighted by molar-refractivity contribution is 0.414. The number of nitrogens with zero attached hydrogens (tertiary/aromatic N) is 2. The molecule has 0 saturated heterocycles. The van der Waals surface area contributed by atoms with Crippen molar-refractivity contribution in [3.8, 4) is 17.0 Å². The molecule has 1 aromatic carbocycles. The van der Waals surface area contributed by atoms with Gasteiger partial charge in [0, 0.05) is 12.1 Å². The highest BCUT2D eigenvalue weighted by Crippen LogP contribution is 2.33. The highest BCUT2D eigenvalue weighted by atomic mass is 16.5. The SMILES string of the molecule is COc1ccc2c(c1)Cn1cncc1-2. The maximum Gasteiger partial charge on any atom is 0.119 e. The van der Waals surface area contributed by atoms with Crippen LogP contribution < -0.4 is 4.74 Å². The number of aromatic nitrogens is 2. The Morgan fingerprint density at radius 2 is 2.36 bits per heavy atom. The summed E-state index contributed by atoms with van der Waals surface area (Å²) in [7, 11) is 1.69. The predicted octanol–water partition coefficient (Wildman–Crippen LogP) is 1.92. The van der Waals surface area contributed by atoms with E-state index in [4.69, 9.17) is 4.74 Å². The fraction of sp³-hybridized carbons (Fsp3) is 0.182. The van der Waals surface area contributed by atoms with E-state index in [0.29, 0.717) is 0 Å². The topological polar surface area (TPSA) is 27.1 Å². The monoisotopic (exact) mass is 186 g/mol. The molecule has 3 heteroatoms. The molecule has 0 N–H and O–H groups in total. The van der Waals surface area contributed by atoms with Crippen LogP contribution in [0.3, 0.4) is 0 Å². The summed E-state index contributed by atoms with van der Waals surface area (Å²) in [6, 6.07) is 6.17. The summed E-state index contributed by atoms with van der Waals surface area (Å²) in [5.41, 5.74) is 3.77. The fourth-order valence-corrected chi connectivity index (χ4v) is 1.93. The Balaban J connectivity index is 2.18. The second-order valence-corrected chi connectivity index (χ2v) is 3.43. The van der Waals surface area contributed by atoms with E-state index in [9.17, 15) is 0 Å². The first-order chi connectivity index (χ1) is 6.88. The zero-order valence-electron chi connectivity index (χ0n) is 7.90. The molecule has 0 unspecified atom stereocenters. The van der Waals surface area contributed by atoms with Gasteiger partial charge in [0.15, 0.2) is 0 Å². The Bertz CT molecular complexity index is 488. The normalized spacial score (nSPS) is 12.4. The first kappa shape index (κ1) is 7.62. The highest BCUT2D eigenvalue weighted by Gasteiger charge is 2.17. The molecule has 0 radical (unpaired) electrons. The van der Waals surface area contributed by atoms with Crippen LogP contribution in [0.5, 0.6) is 5.75 Å². The first-order valence-electron chi connectivity index (χ1n) is 4.56. The van der Waals surface area contributed by atoms with E-state index in [1.54, 1.807) is 7.11 Å². The van der Waals surface area contributed by atoms with Gasteiger partial charge in [-0.05, 0) is 23.8 Å². The zero-order valence-corrected chi connectivity index (χ0v) is 7.90. The third-order valence-corrected chi connectivity index (χ3v) is 2.64. The smallest absolute Gasteiger partial charge is 0.119 e. The van der Waals surface area contributed by atoms with Crippen molar-refractivity contribution in [1.29, 1.82) is 0 Å². The van der Waals surface area contributed by atoms with E-state index in [2.05, 4.69) is 21.7 Å². The molecular weight excluding hydrogens is 176 g/mol. The van der Waals surface area contributed by atoms with Crippen molar-refractivity contribution in [2.24, 2.45) is 0 Å². The Kier molecular flexibility index (Phi) is 1.42. The number of rotatable bonds is 1. The van der Waals surface area contributed by atoms with Crippen LogP contribution in [-0.2, 0) is 6.54 Å². The molecule has 70 valence electrons. The molecular formula is C11H10N2O. The van der Waals surface area contributed by atoms with Gasteiger partial charge in [0.05, 0.1) is 25.3 Å². The summed E-state index contributed by atoms with van der Waals surface area (Å²) < 4.78 is 7.33. The second kappa shape index (κ2) is 2.61. The Hall–Kier alpha value is -1.77. The molecule has 2 heterocycles. The summed E-state index contributed by atoms with van der Waals surface area (Å²) in [6.07, 6.45) is 3.76. The minimum Gasteiger partial charge on any atom is -0.497 e. The van der Waals surface area contributed by atoms with Crippen molar-refractivity contribution in [2.75, 3.05) is 7.11 Å². The van der Waals surface area contributed by atoms with Gasteiger partial charge in [0.25, 0.3) is 0 Å². The molecule has 1 aliphatic rings. The van der Waals surface area contributed by atoms with E-state index in [1.165, 1.54) is 16.8 Å². The Morgan fingerprint density at radius 1 is 1.43 bits per heavy atom. The minimum atomic E-state index is 0.905. The molecule has 0 saturated carbocycles. The molecule has 0 aliphatic carbocycles. The van der Waals surface area contributed by atoms with Gasteiger partial charge in [-0.25, -0.2) is 4.98 Å². The summed E-state index contributed by atoms with van der Waals surface area (Å²) in [5, 5.41) is 0. The zero-order chi connectivity index (χ0) is 9.54. The lowest BCUT2D eigenvalue weighted by Crippen LogP contribution is -1.90. The van der Waals surface area contributed by atoms with Crippen LogP contribution in [-0.4, -0.2) is 16.7 Å². The third-order valence-electron chi connectivity index (χ3n) is 2.64. The molecule has 3 rings (SSSR count). The number of hydrogen-bond acceptors (Lipinski definition) is 2. The summed E-state index contributed by atoms with van der Waals surface area (Å²) in [4.78, 5) is 4.12. The maximum absolute atomic E-state index is 5.19. The molecule has 0 bridgehead atoms. The van der Waals surface area contributed by atoms with Gasteiger partial charge in [-0.3, -0.25) is 0 Å². The molecule has 0 spiro atoms. The van der Waals surface area contributed by atoms with Gasteiger partial charge < -0.3 is 9.30 Å². The number of benzene rings is 1. The maximum atomic E-state index is 5.19. The van der Waals surface area contributed by atoms with Crippen molar-refractivity contribution in [3.05, 3.63) is 36.3 Å². The number of fused-ring (bicyclic) bond motifs is 3. The minimum absolute atomic E-state index is 0.905. The Morgan fingerprint density at radius 3 is 3.21 bits per heavy atom. The van der Waals surface area contributed by atoms with Gasteiger partial charge in [-0.1, -0.05) is 0 Å². The van der Waals surface area contributed by atoms with Crippen molar-refractivity contribution >= 4 is 0 Å². The van der Waals surface area contributed by atoms with Crippen LogP contribution in [0.2, 0.25) is 0 Å². The van der Waals surface area contributed by atoms with Crippen LogP contribution >= 0.6 is 0 Å². The molecule has 2 aromatic rings. The van der Waals surface area contributed by atoms with E-state index in [0.717, 1.165) is 12.3 Å². The average molecular weight is 186 g/mol. The molecule has 0 atom stereocenters.